The highest BCUT2D eigenvalue weighted by molar-refractivity contribution is 5.88. The van der Waals surface area contributed by atoms with Gasteiger partial charge in [-0.3, -0.25) is 4.79 Å². The molecule has 1 heterocycles. The van der Waals surface area contributed by atoms with Crippen LogP contribution >= 0.6 is 0 Å². The van der Waals surface area contributed by atoms with Crippen LogP contribution in [0, 0.1) is 0 Å². The molecule has 3 aromatic rings. The monoisotopic (exact) mass is 423 g/mol. The summed E-state index contributed by atoms with van der Waals surface area (Å²) in [5.74, 6) is -0.484. The van der Waals surface area contributed by atoms with E-state index < -0.39 is 11.6 Å². The first-order chi connectivity index (χ1) is 14.7. The predicted octanol–water partition coefficient (Wildman–Crippen LogP) is 3.58. The molecule has 8 nitrogen and oxygen atoms in total. The van der Waals surface area contributed by atoms with Crippen molar-refractivity contribution in [3.8, 4) is 22.8 Å². The smallest absolute Gasteiger partial charge is 0.335 e. The number of carbonyl (C=O) groups is 2. The van der Waals surface area contributed by atoms with Crippen molar-refractivity contribution in [1.82, 2.24) is 15.5 Å². The fourth-order valence-electron chi connectivity index (χ4n) is 2.83. The maximum Gasteiger partial charge on any atom is 0.335 e. The maximum absolute atomic E-state index is 11.7. The molecule has 0 bridgehead atoms. The molecule has 2 aromatic carbocycles. The van der Waals surface area contributed by atoms with E-state index in [1.807, 2.05) is 45.0 Å². The Bertz CT molecular complexity index is 1030. The molecule has 0 atom stereocenters. The van der Waals surface area contributed by atoms with Crippen LogP contribution in [0.1, 0.15) is 36.7 Å². The maximum atomic E-state index is 11.7. The molecular formula is C23H25N3O5. The summed E-state index contributed by atoms with van der Waals surface area (Å²) in [4.78, 5) is 27.0. The number of esters is 1. The SMILES string of the molecule is CC(C)(C)OC(=O)CNCCc1ccc(-c2nc(-c3ccc(C(=O)O)cc3)no2)cc1. The lowest BCUT2D eigenvalue weighted by Crippen LogP contribution is -2.32. The molecule has 31 heavy (non-hydrogen) atoms. The van der Waals surface area contributed by atoms with Gasteiger partial charge in [0.2, 0.25) is 5.82 Å². The molecular weight excluding hydrogens is 398 g/mol. The quantitative estimate of drug-likeness (QED) is 0.417. The molecule has 0 aliphatic carbocycles. The van der Waals surface area contributed by atoms with Crippen molar-refractivity contribution >= 4 is 11.9 Å². The largest absolute Gasteiger partial charge is 0.478 e. The van der Waals surface area contributed by atoms with Crippen LogP contribution < -0.4 is 5.32 Å². The second-order valence-corrected chi connectivity index (χ2v) is 8.02. The average molecular weight is 423 g/mol. The highest BCUT2D eigenvalue weighted by atomic mass is 16.6. The van der Waals surface area contributed by atoms with E-state index in [0.29, 0.717) is 23.8 Å². The fourth-order valence-corrected chi connectivity index (χ4v) is 2.83. The van der Waals surface area contributed by atoms with Crippen molar-refractivity contribution < 1.29 is 24.0 Å². The average Bonchev–Trinajstić information content (AvgIpc) is 3.21. The molecule has 162 valence electrons. The highest BCUT2D eigenvalue weighted by Crippen LogP contribution is 2.23. The first-order valence-electron chi connectivity index (χ1n) is 9.90. The number of benzene rings is 2. The van der Waals surface area contributed by atoms with Crippen molar-refractivity contribution in [1.29, 1.82) is 0 Å². The minimum atomic E-state index is -0.986. The molecule has 1 aromatic heterocycles. The number of carboxylic acid groups (broad SMARTS) is 1. The van der Waals surface area contributed by atoms with Crippen molar-refractivity contribution in [3.05, 3.63) is 59.7 Å². The first kappa shape index (κ1) is 22.2. The van der Waals surface area contributed by atoms with Gasteiger partial charge in [-0.1, -0.05) is 29.4 Å². The summed E-state index contributed by atoms with van der Waals surface area (Å²) in [6.45, 7) is 6.35. The molecule has 2 N–H and O–H groups in total. The van der Waals surface area contributed by atoms with Crippen molar-refractivity contribution in [2.24, 2.45) is 0 Å². The molecule has 0 fully saturated rings. The van der Waals surface area contributed by atoms with Gasteiger partial charge in [0.25, 0.3) is 5.89 Å². The van der Waals surface area contributed by atoms with E-state index in [1.165, 1.54) is 12.1 Å². The molecule has 0 radical (unpaired) electrons. The van der Waals surface area contributed by atoms with E-state index in [4.69, 9.17) is 14.4 Å². The minimum Gasteiger partial charge on any atom is -0.478 e. The zero-order valence-corrected chi connectivity index (χ0v) is 17.7. The van der Waals surface area contributed by atoms with Gasteiger partial charge in [0, 0.05) is 11.1 Å². The third kappa shape index (κ3) is 6.48. The Morgan fingerprint density at radius 1 is 1.03 bits per heavy atom. The predicted molar refractivity (Wildman–Crippen MR) is 115 cm³/mol. The van der Waals surface area contributed by atoms with Gasteiger partial charge in [-0.15, -0.1) is 0 Å². The molecule has 0 aliphatic rings. The summed E-state index contributed by atoms with van der Waals surface area (Å²) in [6, 6.07) is 14.0. The molecule has 0 unspecified atom stereocenters. The van der Waals surface area contributed by atoms with Crippen LogP contribution in [-0.4, -0.2) is 45.9 Å². The van der Waals surface area contributed by atoms with Crippen LogP contribution in [0.4, 0.5) is 0 Å². The van der Waals surface area contributed by atoms with E-state index in [1.54, 1.807) is 12.1 Å². The Kier molecular flexibility index (Phi) is 6.81. The van der Waals surface area contributed by atoms with Crippen molar-refractivity contribution in [2.45, 2.75) is 32.8 Å². The van der Waals surface area contributed by atoms with Crippen molar-refractivity contribution in [3.63, 3.8) is 0 Å². The Morgan fingerprint density at radius 3 is 2.29 bits per heavy atom. The molecule has 3 rings (SSSR count). The molecule has 0 amide bonds. The fraction of sp³-hybridized carbons (Fsp3) is 0.304. The van der Waals surface area contributed by atoms with Crippen LogP contribution in [0.3, 0.4) is 0 Å². The van der Waals surface area contributed by atoms with Gasteiger partial charge in [0.1, 0.15) is 5.60 Å². The number of nitrogens with one attached hydrogen (secondary N) is 1. The van der Waals surface area contributed by atoms with Crippen LogP contribution in [0.15, 0.2) is 53.1 Å². The van der Waals surface area contributed by atoms with Gasteiger partial charge in [-0.25, -0.2) is 4.79 Å². The second kappa shape index (κ2) is 9.53. The number of hydrogen-bond donors (Lipinski definition) is 2. The highest BCUT2D eigenvalue weighted by Gasteiger charge is 2.15. The molecule has 0 aliphatic heterocycles. The Morgan fingerprint density at radius 2 is 1.68 bits per heavy atom. The number of carboxylic acids is 1. The third-order valence-electron chi connectivity index (χ3n) is 4.30. The molecule has 0 saturated carbocycles. The number of carbonyl (C=O) groups excluding carboxylic acids is 1. The Balaban J connectivity index is 1.53. The topological polar surface area (TPSA) is 115 Å². The van der Waals surface area contributed by atoms with Crippen LogP contribution in [-0.2, 0) is 16.0 Å². The summed E-state index contributed by atoms with van der Waals surface area (Å²) < 4.78 is 10.6. The van der Waals surface area contributed by atoms with Gasteiger partial charge < -0.3 is 19.7 Å². The minimum absolute atomic E-state index is 0.174. The summed E-state index contributed by atoms with van der Waals surface area (Å²) in [5, 5.41) is 16.0. The number of hydrogen-bond acceptors (Lipinski definition) is 7. The van der Waals surface area contributed by atoms with Gasteiger partial charge >= 0.3 is 11.9 Å². The Labute approximate surface area is 180 Å². The summed E-state index contributed by atoms with van der Waals surface area (Å²) >= 11 is 0. The van der Waals surface area contributed by atoms with Crippen LogP contribution in [0.2, 0.25) is 0 Å². The third-order valence-corrected chi connectivity index (χ3v) is 4.30. The van der Waals surface area contributed by atoms with Gasteiger partial charge in [0.15, 0.2) is 0 Å². The van der Waals surface area contributed by atoms with Gasteiger partial charge in [0.05, 0.1) is 12.1 Å². The van der Waals surface area contributed by atoms with Crippen LogP contribution in [0.5, 0.6) is 0 Å². The van der Waals surface area contributed by atoms with Crippen molar-refractivity contribution in [2.75, 3.05) is 13.1 Å². The molecule has 0 spiro atoms. The van der Waals surface area contributed by atoms with E-state index in [2.05, 4.69) is 15.5 Å². The number of rotatable bonds is 8. The standard InChI is InChI=1S/C23H25N3O5/c1-23(2,3)30-19(27)14-24-13-12-15-4-6-17(7-5-15)21-25-20(26-31-21)16-8-10-18(11-9-16)22(28)29/h4-11,24H,12-14H2,1-3H3,(H,28,29). The van der Waals surface area contributed by atoms with Gasteiger partial charge in [-0.2, -0.15) is 4.98 Å². The lowest BCUT2D eigenvalue weighted by molar-refractivity contribution is -0.153. The van der Waals surface area contributed by atoms with E-state index in [0.717, 1.165) is 17.5 Å². The number of aromatic carboxylic acids is 1. The first-order valence-corrected chi connectivity index (χ1v) is 9.90. The number of aromatic nitrogens is 2. The van der Waals surface area contributed by atoms with E-state index in [9.17, 15) is 9.59 Å². The molecule has 0 saturated heterocycles. The van der Waals surface area contributed by atoms with E-state index in [-0.39, 0.29) is 18.1 Å². The summed E-state index contributed by atoms with van der Waals surface area (Å²) in [6.07, 6.45) is 0.758. The summed E-state index contributed by atoms with van der Waals surface area (Å²) in [5.41, 5.74) is 2.28. The summed E-state index contributed by atoms with van der Waals surface area (Å²) in [7, 11) is 0. The van der Waals surface area contributed by atoms with E-state index >= 15 is 0 Å². The zero-order chi connectivity index (χ0) is 22.4. The zero-order valence-electron chi connectivity index (χ0n) is 17.7. The van der Waals surface area contributed by atoms with Crippen LogP contribution in [0.25, 0.3) is 22.8 Å². The lowest BCUT2D eigenvalue weighted by atomic mass is 10.1. The normalized spacial score (nSPS) is 11.3. The number of nitrogens with zero attached hydrogens (tertiary/aromatic N) is 2. The van der Waals surface area contributed by atoms with Gasteiger partial charge in [-0.05, 0) is 63.6 Å². The Hall–Kier alpha value is -3.52. The number of ether oxygens (including phenoxy) is 1. The lowest BCUT2D eigenvalue weighted by Gasteiger charge is -2.19. The second-order valence-electron chi connectivity index (χ2n) is 8.02. The molecule has 8 heteroatoms.